The minimum Gasteiger partial charge on any atom is -0.357 e. The molecule has 1 amide bonds. The van der Waals surface area contributed by atoms with Crippen LogP contribution in [0.3, 0.4) is 0 Å². The zero-order valence-electron chi connectivity index (χ0n) is 7.70. The predicted octanol–water partition coefficient (Wildman–Crippen LogP) is 0.349. The molecule has 0 rings (SSSR count). The van der Waals surface area contributed by atoms with Crippen LogP contribution in [0.4, 0.5) is 0 Å². The quantitative estimate of drug-likeness (QED) is 0.367. The molecule has 2 atom stereocenters. The van der Waals surface area contributed by atoms with Crippen LogP contribution in [0.2, 0.25) is 0 Å². The van der Waals surface area contributed by atoms with Crippen LogP contribution in [0.25, 0.3) is 0 Å². The smallest absolute Gasteiger partial charge is 0.244 e. The fourth-order valence-electron chi connectivity index (χ4n) is 0.909. The summed E-state index contributed by atoms with van der Waals surface area (Å²) >= 11 is 0. The van der Waals surface area contributed by atoms with E-state index in [1.807, 2.05) is 0 Å². The molecule has 0 aromatic heterocycles. The number of nitrogens with zero attached hydrogens (tertiary/aromatic N) is 1. The average molecular weight is 183 g/mol. The van der Waals surface area contributed by atoms with Crippen molar-refractivity contribution in [1.82, 2.24) is 10.7 Å². The zero-order chi connectivity index (χ0) is 10.3. The Labute approximate surface area is 76.8 Å². The number of likely N-dealkylation sites (N-methyl/N-ethyl adjacent to an activating group) is 1. The van der Waals surface area contributed by atoms with Crippen molar-refractivity contribution in [1.29, 1.82) is 0 Å². The van der Waals surface area contributed by atoms with Gasteiger partial charge in [-0.05, 0) is 6.08 Å². The van der Waals surface area contributed by atoms with E-state index in [1.165, 1.54) is 7.05 Å². The maximum absolute atomic E-state index is 11.2. The van der Waals surface area contributed by atoms with Crippen molar-refractivity contribution in [3.8, 4) is 0 Å². The van der Waals surface area contributed by atoms with E-state index in [0.717, 1.165) is 0 Å². The average Bonchev–Trinajstić information content (AvgIpc) is 2.13. The van der Waals surface area contributed by atoms with Gasteiger partial charge in [-0.3, -0.25) is 10.2 Å². The monoisotopic (exact) mass is 183 g/mol. The predicted molar refractivity (Wildman–Crippen MR) is 49.7 cm³/mol. The number of amides is 1. The van der Waals surface area contributed by atoms with Gasteiger partial charge in [-0.15, -0.1) is 10.6 Å². The Morgan fingerprint density at radius 2 is 2.31 bits per heavy atom. The van der Waals surface area contributed by atoms with E-state index in [1.54, 1.807) is 13.0 Å². The van der Waals surface area contributed by atoms with Crippen LogP contribution in [0.1, 0.15) is 6.92 Å². The molecule has 0 aliphatic rings. The first-order valence-corrected chi connectivity index (χ1v) is 3.82. The molecular formula is C8H13N3O2. The molecule has 0 saturated carbocycles. The van der Waals surface area contributed by atoms with Gasteiger partial charge in [0.15, 0.2) is 0 Å². The molecule has 0 radical (unpaired) electrons. The highest BCUT2D eigenvalue weighted by Crippen LogP contribution is 2.04. The molecule has 0 heterocycles. The largest absolute Gasteiger partial charge is 0.357 e. The second-order valence-electron chi connectivity index (χ2n) is 2.54. The fourth-order valence-corrected chi connectivity index (χ4v) is 0.909. The summed E-state index contributed by atoms with van der Waals surface area (Å²) in [6.45, 7) is 5.14. The van der Waals surface area contributed by atoms with Gasteiger partial charge in [0, 0.05) is 13.0 Å². The lowest BCUT2D eigenvalue weighted by atomic mass is 10.0. The SMILES string of the molecule is C=C=C[C@H](C)C(NN=O)C(=O)NC. The van der Waals surface area contributed by atoms with Crippen LogP contribution >= 0.6 is 0 Å². The summed E-state index contributed by atoms with van der Waals surface area (Å²) in [5, 5.41) is 4.90. The van der Waals surface area contributed by atoms with Crippen molar-refractivity contribution < 1.29 is 4.79 Å². The molecule has 5 nitrogen and oxygen atoms in total. The Kier molecular flexibility index (Phi) is 5.23. The topological polar surface area (TPSA) is 70.6 Å². The number of hydrogen-bond acceptors (Lipinski definition) is 3. The van der Waals surface area contributed by atoms with Crippen LogP contribution in [0.5, 0.6) is 0 Å². The van der Waals surface area contributed by atoms with Crippen LogP contribution in [0.15, 0.2) is 23.7 Å². The molecule has 13 heavy (non-hydrogen) atoms. The lowest BCUT2D eigenvalue weighted by Crippen LogP contribution is -2.44. The molecule has 0 saturated heterocycles. The highest BCUT2D eigenvalue weighted by atomic mass is 16.3. The maximum Gasteiger partial charge on any atom is 0.244 e. The van der Waals surface area contributed by atoms with Crippen molar-refractivity contribution in [3.05, 3.63) is 23.3 Å². The van der Waals surface area contributed by atoms with Gasteiger partial charge in [0.2, 0.25) is 5.91 Å². The number of hydrogen-bond donors (Lipinski definition) is 2. The third kappa shape index (κ3) is 3.53. The maximum atomic E-state index is 11.2. The van der Waals surface area contributed by atoms with Crippen molar-refractivity contribution >= 4 is 5.91 Å². The summed E-state index contributed by atoms with van der Waals surface area (Å²) in [5.74, 6) is -0.478. The highest BCUT2D eigenvalue weighted by Gasteiger charge is 2.22. The molecule has 0 aromatic rings. The lowest BCUT2D eigenvalue weighted by molar-refractivity contribution is -0.123. The summed E-state index contributed by atoms with van der Waals surface area (Å²) in [5.41, 5.74) is 4.72. The minimum absolute atomic E-state index is 0.185. The standard InChI is InChI=1S/C8H13N3O2/c1-4-5-6(2)7(10-11-13)8(12)9-3/h5-7H,1H2,2-3H3,(H,9,12)(H,10,13)/t6-,7?/m0/s1. The third-order valence-electron chi connectivity index (χ3n) is 1.63. The number of nitroso groups, excluding NO2 is 1. The summed E-state index contributed by atoms with van der Waals surface area (Å²) in [7, 11) is 1.49. The molecule has 0 spiro atoms. The van der Waals surface area contributed by atoms with Gasteiger partial charge in [-0.2, -0.15) is 0 Å². The Bertz CT molecular complexity index is 234. The van der Waals surface area contributed by atoms with Crippen LogP contribution < -0.4 is 10.7 Å². The van der Waals surface area contributed by atoms with E-state index in [-0.39, 0.29) is 11.8 Å². The van der Waals surface area contributed by atoms with E-state index in [4.69, 9.17) is 0 Å². The molecule has 0 fully saturated rings. The molecule has 0 bridgehead atoms. The van der Waals surface area contributed by atoms with Crippen LogP contribution in [0, 0.1) is 10.8 Å². The first kappa shape index (κ1) is 11.4. The van der Waals surface area contributed by atoms with E-state index in [2.05, 4.69) is 28.3 Å². The molecule has 0 aromatic carbocycles. The Morgan fingerprint density at radius 3 is 2.69 bits per heavy atom. The number of nitrogens with one attached hydrogen (secondary N) is 2. The molecular weight excluding hydrogens is 170 g/mol. The van der Waals surface area contributed by atoms with Gasteiger partial charge in [0.25, 0.3) is 0 Å². The normalized spacial score (nSPS) is 13.4. The Morgan fingerprint density at radius 1 is 1.69 bits per heavy atom. The Hall–Kier alpha value is -1.61. The second kappa shape index (κ2) is 5.97. The summed E-state index contributed by atoms with van der Waals surface area (Å²) < 4.78 is 0. The molecule has 1 unspecified atom stereocenters. The summed E-state index contributed by atoms with van der Waals surface area (Å²) in [6.07, 6.45) is 1.60. The third-order valence-corrected chi connectivity index (χ3v) is 1.63. The van der Waals surface area contributed by atoms with Crippen LogP contribution in [-0.2, 0) is 4.79 Å². The first-order valence-electron chi connectivity index (χ1n) is 3.82. The number of carbonyl (C=O) groups is 1. The highest BCUT2D eigenvalue weighted by molar-refractivity contribution is 5.81. The zero-order valence-corrected chi connectivity index (χ0v) is 7.70. The van der Waals surface area contributed by atoms with E-state index in [0.29, 0.717) is 0 Å². The van der Waals surface area contributed by atoms with Crippen molar-refractivity contribution in [2.45, 2.75) is 13.0 Å². The van der Waals surface area contributed by atoms with Gasteiger partial charge in [-0.1, -0.05) is 13.5 Å². The second-order valence-corrected chi connectivity index (χ2v) is 2.54. The minimum atomic E-state index is -0.670. The lowest BCUT2D eigenvalue weighted by Gasteiger charge is -2.16. The van der Waals surface area contributed by atoms with Crippen molar-refractivity contribution in [2.24, 2.45) is 11.2 Å². The summed E-state index contributed by atoms with van der Waals surface area (Å²) in [6, 6.07) is -0.670. The molecule has 2 N–H and O–H groups in total. The van der Waals surface area contributed by atoms with Gasteiger partial charge < -0.3 is 5.32 Å². The van der Waals surface area contributed by atoms with Crippen molar-refractivity contribution in [2.75, 3.05) is 7.05 Å². The molecule has 5 heteroatoms. The summed E-state index contributed by atoms with van der Waals surface area (Å²) in [4.78, 5) is 21.1. The van der Waals surface area contributed by atoms with E-state index in [9.17, 15) is 9.70 Å². The van der Waals surface area contributed by atoms with Gasteiger partial charge >= 0.3 is 0 Å². The number of carbonyl (C=O) groups excluding carboxylic acids is 1. The van der Waals surface area contributed by atoms with Gasteiger partial charge in [0.1, 0.15) is 6.04 Å². The fraction of sp³-hybridized carbons (Fsp3) is 0.500. The number of rotatable bonds is 5. The van der Waals surface area contributed by atoms with E-state index < -0.39 is 6.04 Å². The Balaban J connectivity index is 4.47. The van der Waals surface area contributed by atoms with Gasteiger partial charge in [-0.25, -0.2) is 0 Å². The van der Waals surface area contributed by atoms with Crippen molar-refractivity contribution in [3.63, 3.8) is 0 Å². The molecule has 72 valence electrons. The molecule has 0 aliphatic heterocycles. The first-order chi connectivity index (χ1) is 6.17. The van der Waals surface area contributed by atoms with Gasteiger partial charge in [0.05, 0.1) is 5.29 Å². The van der Waals surface area contributed by atoms with E-state index >= 15 is 0 Å². The molecule has 0 aliphatic carbocycles. The van der Waals surface area contributed by atoms with Crippen LogP contribution in [-0.4, -0.2) is 19.0 Å².